The van der Waals surface area contributed by atoms with Crippen LogP contribution in [0.3, 0.4) is 0 Å². The van der Waals surface area contributed by atoms with Gasteiger partial charge in [0.2, 0.25) is 0 Å². The number of aliphatic hydroxyl groups excluding tert-OH is 1. The molecule has 1 atom stereocenters. The third-order valence-electron chi connectivity index (χ3n) is 2.93. The first kappa shape index (κ1) is 16.1. The van der Waals surface area contributed by atoms with Crippen LogP contribution < -0.4 is 5.32 Å². The largest absolute Gasteiger partial charge is 0.396 e. The number of aromatic nitrogens is 1. The van der Waals surface area contributed by atoms with Crippen molar-refractivity contribution in [3.8, 4) is 0 Å². The minimum Gasteiger partial charge on any atom is -0.396 e. The summed E-state index contributed by atoms with van der Waals surface area (Å²) in [5.41, 5.74) is -0.0360. The van der Waals surface area contributed by atoms with Gasteiger partial charge in [-0.2, -0.15) is 0 Å². The van der Waals surface area contributed by atoms with Crippen LogP contribution in [0.5, 0.6) is 0 Å². The van der Waals surface area contributed by atoms with Crippen LogP contribution in [0.25, 0.3) is 0 Å². The molecule has 0 aliphatic heterocycles. The Balaban J connectivity index is 2.75. The Labute approximate surface area is 119 Å². The van der Waals surface area contributed by atoms with E-state index in [-0.39, 0.29) is 24.0 Å². The zero-order valence-corrected chi connectivity index (χ0v) is 13.2. The number of rotatable bonds is 5. The fourth-order valence-corrected chi connectivity index (χ4v) is 2.55. The van der Waals surface area contributed by atoms with E-state index in [1.54, 1.807) is 6.20 Å². The molecule has 1 unspecified atom stereocenters. The number of hydrogen-bond donors (Lipinski definition) is 2. The number of aliphatic hydroxyl groups is 1. The number of nitrogens with zero attached hydrogens (tertiary/aromatic N) is 1. The van der Waals surface area contributed by atoms with Crippen molar-refractivity contribution in [2.45, 2.75) is 52.5 Å². The van der Waals surface area contributed by atoms with Crippen LogP contribution in [0.1, 0.15) is 55.7 Å². The van der Waals surface area contributed by atoms with Crippen LogP contribution in [-0.2, 0) is 5.41 Å². The topological polar surface area (TPSA) is 62.2 Å². The molecular weight excluding hydrogens is 260 g/mol. The Bertz CT molecular complexity index is 421. The summed E-state index contributed by atoms with van der Waals surface area (Å²) in [4.78, 5) is 17.1. The van der Waals surface area contributed by atoms with Gasteiger partial charge in [0.15, 0.2) is 0 Å². The molecular formula is C14H24N2O2S. The number of thiazole rings is 1. The molecule has 0 aliphatic rings. The first-order valence-corrected chi connectivity index (χ1v) is 7.45. The quantitative estimate of drug-likeness (QED) is 0.873. The fourth-order valence-electron chi connectivity index (χ4n) is 1.68. The van der Waals surface area contributed by atoms with Gasteiger partial charge < -0.3 is 10.4 Å². The third-order valence-corrected chi connectivity index (χ3v) is 4.35. The molecule has 5 heteroatoms. The van der Waals surface area contributed by atoms with E-state index in [9.17, 15) is 4.79 Å². The SMILES string of the molecule is CC(C)C(CCO)NC(=O)c1cnc(C(C)(C)C)s1. The summed E-state index contributed by atoms with van der Waals surface area (Å²) in [5.74, 6) is 0.200. The maximum atomic E-state index is 12.2. The lowest BCUT2D eigenvalue weighted by molar-refractivity contribution is 0.0920. The van der Waals surface area contributed by atoms with Crippen LogP contribution in [0.15, 0.2) is 6.20 Å². The van der Waals surface area contributed by atoms with Crippen molar-refractivity contribution in [2.75, 3.05) is 6.61 Å². The summed E-state index contributed by atoms with van der Waals surface area (Å²) < 4.78 is 0. The highest BCUT2D eigenvalue weighted by molar-refractivity contribution is 7.13. The average Bonchev–Trinajstić information content (AvgIpc) is 2.76. The van der Waals surface area contributed by atoms with E-state index in [4.69, 9.17) is 5.11 Å². The van der Waals surface area contributed by atoms with Crippen LogP contribution >= 0.6 is 11.3 Å². The summed E-state index contributed by atoms with van der Waals surface area (Å²) in [6.45, 7) is 10.4. The predicted octanol–water partition coefficient (Wildman–Crippen LogP) is 2.58. The van der Waals surface area contributed by atoms with E-state index >= 15 is 0 Å². The van der Waals surface area contributed by atoms with E-state index < -0.39 is 0 Å². The van der Waals surface area contributed by atoms with Crippen molar-refractivity contribution in [2.24, 2.45) is 5.92 Å². The summed E-state index contributed by atoms with van der Waals surface area (Å²) >= 11 is 1.43. The highest BCUT2D eigenvalue weighted by atomic mass is 32.1. The van der Waals surface area contributed by atoms with E-state index in [1.807, 2.05) is 13.8 Å². The van der Waals surface area contributed by atoms with Crippen LogP contribution in [0.4, 0.5) is 0 Å². The van der Waals surface area contributed by atoms with Gasteiger partial charge in [0, 0.05) is 18.1 Å². The normalized spacial score (nSPS) is 13.6. The molecule has 0 aliphatic carbocycles. The van der Waals surface area contributed by atoms with Gasteiger partial charge in [0.05, 0.1) is 11.2 Å². The summed E-state index contributed by atoms with van der Waals surface area (Å²) in [6, 6.07) is -0.00214. The first-order chi connectivity index (χ1) is 8.75. The van der Waals surface area contributed by atoms with Crippen LogP contribution in [-0.4, -0.2) is 28.6 Å². The van der Waals surface area contributed by atoms with Crippen molar-refractivity contribution in [1.82, 2.24) is 10.3 Å². The molecule has 0 saturated carbocycles. The van der Waals surface area contributed by atoms with Crippen molar-refractivity contribution >= 4 is 17.2 Å². The monoisotopic (exact) mass is 284 g/mol. The van der Waals surface area contributed by atoms with E-state index in [0.717, 1.165) is 5.01 Å². The molecule has 0 saturated heterocycles. The summed E-state index contributed by atoms with van der Waals surface area (Å²) in [6.07, 6.45) is 2.21. The Morgan fingerprint density at radius 2 is 2.11 bits per heavy atom. The Kier molecular flexibility index (Phi) is 5.50. The number of carbonyl (C=O) groups excluding carboxylic acids is 1. The molecule has 108 valence electrons. The highest BCUT2D eigenvalue weighted by Gasteiger charge is 2.22. The molecule has 0 fully saturated rings. The second-order valence-electron chi connectivity index (χ2n) is 6.12. The predicted molar refractivity (Wildman–Crippen MR) is 78.6 cm³/mol. The van der Waals surface area contributed by atoms with E-state index in [2.05, 4.69) is 31.1 Å². The first-order valence-electron chi connectivity index (χ1n) is 6.63. The van der Waals surface area contributed by atoms with Crippen molar-refractivity contribution < 1.29 is 9.90 Å². The molecule has 1 amide bonds. The highest BCUT2D eigenvalue weighted by Crippen LogP contribution is 2.26. The van der Waals surface area contributed by atoms with Crippen molar-refractivity contribution in [1.29, 1.82) is 0 Å². The van der Waals surface area contributed by atoms with Gasteiger partial charge in [-0.3, -0.25) is 4.79 Å². The molecule has 4 nitrogen and oxygen atoms in total. The minimum atomic E-state index is -0.0971. The minimum absolute atomic E-state index is 0.00214. The smallest absolute Gasteiger partial charge is 0.263 e. The van der Waals surface area contributed by atoms with Crippen molar-refractivity contribution in [3.63, 3.8) is 0 Å². The molecule has 0 spiro atoms. The van der Waals surface area contributed by atoms with Gasteiger partial charge in [0.1, 0.15) is 4.88 Å². The molecule has 19 heavy (non-hydrogen) atoms. The van der Waals surface area contributed by atoms with Gasteiger partial charge in [-0.25, -0.2) is 4.98 Å². The van der Waals surface area contributed by atoms with Gasteiger partial charge in [-0.05, 0) is 12.3 Å². The Morgan fingerprint density at radius 1 is 1.47 bits per heavy atom. The number of amides is 1. The van der Waals surface area contributed by atoms with E-state index in [0.29, 0.717) is 17.2 Å². The maximum Gasteiger partial charge on any atom is 0.263 e. The van der Waals surface area contributed by atoms with Gasteiger partial charge >= 0.3 is 0 Å². The molecule has 1 rings (SSSR count). The Hall–Kier alpha value is -0.940. The third kappa shape index (κ3) is 4.58. The summed E-state index contributed by atoms with van der Waals surface area (Å²) in [5, 5.41) is 12.9. The lowest BCUT2D eigenvalue weighted by Crippen LogP contribution is -2.38. The van der Waals surface area contributed by atoms with Crippen molar-refractivity contribution in [3.05, 3.63) is 16.1 Å². The molecule has 1 heterocycles. The number of nitrogens with one attached hydrogen (secondary N) is 1. The van der Waals surface area contributed by atoms with Crippen LogP contribution in [0.2, 0.25) is 0 Å². The number of carbonyl (C=O) groups is 1. The van der Waals surface area contributed by atoms with E-state index in [1.165, 1.54) is 11.3 Å². The van der Waals surface area contributed by atoms with Gasteiger partial charge in [-0.15, -0.1) is 11.3 Å². The van der Waals surface area contributed by atoms with Crippen LogP contribution in [0, 0.1) is 5.92 Å². The standard InChI is InChI=1S/C14H24N2O2S/c1-9(2)10(6-7-17)16-12(18)11-8-15-13(19-11)14(3,4)5/h8-10,17H,6-7H2,1-5H3,(H,16,18). The second-order valence-corrected chi connectivity index (χ2v) is 7.15. The lowest BCUT2D eigenvalue weighted by atomic mass is 9.98. The van der Waals surface area contributed by atoms with Gasteiger partial charge in [-0.1, -0.05) is 34.6 Å². The average molecular weight is 284 g/mol. The molecule has 0 bridgehead atoms. The second kappa shape index (κ2) is 6.48. The lowest BCUT2D eigenvalue weighted by Gasteiger charge is -2.21. The molecule has 0 aromatic carbocycles. The molecule has 1 aromatic rings. The zero-order chi connectivity index (χ0) is 14.6. The molecule has 0 radical (unpaired) electrons. The molecule has 2 N–H and O–H groups in total. The Morgan fingerprint density at radius 3 is 2.53 bits per heavy atom. The van der Waals surface area contributed by atoms with Gasteiger partial charge in [0.25, 0.3) is 5.91 Å². The number of hydrogen-bond acceptors (Lipinski definition) is 4. The summed E-state index contributed by atoms with van der Waals surface area (Å²) in [7, 11) is 0. The molecule has 1 aromatic heterocycles. The fraction of sp³-hybridized carbons (Fsp3) is 0.714. The maximum absolute atomic E-state index is 12.2. The zero-order valence-electron chi connectivity index (χ0n) is 12.4.